The van der Waals surface area contributed by atoms with Gasteiger partial charge in [-0.3, -0.25) is 0 Å². The lowest BCUT2D eigenvalue weighted by Gasteiger charge is -1.99. The van der Waals surface area contributed by atoms with E-state index in [4.69, 9.17) is 5.84 Å². The molecule has 0 unspecified atom stereocenters. The molecule has 0 bridgehead atoms. The van der Waals surface area contributed by atoms with Gasteiger partial charge in [0, 0.05) is 10.0 Å². The van der Waals surface area contributed by atoms with Gasteiger partial charge < -0.3 is 5.84 Å². The van der Waals surface area contributed by atoms with Crippen LogP contribution >= 0.6 is 31.9 Å². The topological polar surface area (TPSA) is 38.4 Å². The molecule has 0 spiro atoms. The lowest BCUT2D eigenvalue weighted by atomic mass is 10.2. The van der Waals surface area contributed by atoms with Crippen LogP contribution in [0.25, 0.3) is 0 Å². The maximum atomic E-state index is 12.8. The average Bonchev–Trinajstić information content (AvgIpc) is 2.01. The van der Waals surface area contributed by atoms with Crippen LogP contribution < -0.4 is 5.84 Å². The molecule has 0 atom stereocenters. The van der Waals surface area contributed by atoms with E-state index in [9.17, 15) is 4.39 Å². The lowest BCUT2D eigenvalue weighted by molar-refractivity contribution is 0.620. The van der Waals surface area contributed by atoms with Crippen LogP contribution in [0, 0.1) is 5.82 Å². The van der Waals surface area contributed by atoms with Crippen molar-refractivity contribution in [1.82, 2.24) is 0 Å². The molecule has 5 heteroatoms. The molecule has 0 amide bonds. The lowest BCUT2D eigenvalue weighted by Crippen LogP contribution is -1.90. The standard InChI is InChI=1S/C7H5Br2FN2/c8-5-2-7(10)6(9)1-4(5)3-12-11/h1-3H,11H2. The Labute approximate surface area is 85.9 Å². The molecule has 0 aromatic heterocycles. The number of hydrogen-bond acceptors (Lipinski definition) is 2. The average molecular weight is 296 g/mol. The molecule has 64 valence electrons. The fourth-order valence-electron chi connectivity index (χ4n) is 0.717. The number of hydrazone groups is 1. The zero-order valence-electron chi connectivity index (χ0n) is 5.89. The van der Waals surface area contributed by atoms with Crippen molar-refractivity contribution in [2.75, 3.05) is 0 Å². The molecule has 0 saturated heterocycles. The van der Waals surface area contributed by atoms with Gasteiger partial charge in [0.15, 0.2) is 0 Å². The van der Waals surface area contributed by atoms with E-state index in [1.165, 1.54) is 12.3 Å². The third-order valence-corrected chi connectivity index (χ3v) is 2.55. The quantitative estimate of drug-likeness (QED) is 0.368. The first-order valence-electron chi connectivity index (χ1n) is 3.03. The molecule has 0 aliphatic carbocycles. The second kappa shape index (κ2) is 4.00. The summed E-state index contributed by atoms with van der Waals surface area (Å²) in [6.45, 7) is 0. The monoisotopic (exact) mass is 294 g/mol. The second-order valence-electron chi connectivity index (χ2n) is 2.07. The van der Waals surface area contributed by atoms with Gasteiger partial charge in [-0.1, -0.05) is 15.9 Å². The molecular weight excluding hydrogens is 291 g/mol. The molecule has 1 rings (SSSR count). The van der Waals surface area contributed by atoms with Gasteiger partial charge in [-0.15, -0.1) is 0 Å². The van der Waals surface area contributed by atoms with Crippen molar-refractivity contribution in [2.45, 2.75) is 0 Å². The van der Waals surface area contributed by atoms with Gasteiger partial charge in [0.2, 0.25) is 0 Å². The zero-order chi connectivity index (χ0) is 9.14. The van der Waals surface area contributed by atoms with Crippen LogP contribution in [0.1, 0.15) is 5.56 Å². The summed E-state index contributed by atoms with van der Waals surface area (Å²) in [6.07, 6.45) is 1.44. The molecule has 0 saturated carbocycles. The van der Waals surface area contributed by atoms with Gasteiger partial charge in [0.1, 0.15) is 5.82 Å². The molecule has 1 aromatic carbocycles. The number of halogens is 3. The summed E-state index contributed by atoms with van der Waals surface area (Å²) in [6, 6.07) is 2.94. The summed E-state index contributed by atoms with van der Waals surface area (Å²) in [5.41, 5.74) is 0.728. The highest BCUT2D eigenvalue weighted by Crippen LogP contribution is 2.23. The summed E-state index contributed by atoms with van der Waals surface area (Å²) in [4.78, 5) is 0. The van der Waals surface area contributed by atoms with Crippen LogP contribution in [0.5, 0.6) is 0 Å². The third-order valence-electron chi connectivity index (χ3n) is 1.25. The molecule has 2 nitrogen and oxygen atoms in total. The van der Waals surface area contributed by atoms with Crippen molar-refractivity contribution >= 4 is 38.1 Å². The molecule has 2 N–H and O–H groups in total. The fraction of sp³-hybridized carbons (Fsp3) is 0. The first kappa shape index (κ1) is 9.67. The van der Waals surface area contributed by atoms with E-state index >= 15 is 0 Å². The highest BCUT2D eigenvalue weighted by Gasteiger charge is 2.03. The second-order valence-corrected chi connectivity index (χ2v) is 3.77. The van der Waals surface area contributed by atoms with E-state index in [-0.39, 0.29) is 5.82 Å². The van der Waals surface area contributed by atoms with Crippen molar-refractivity contribution in [2.24, 2.45) is 10.9 Å². The Hall–Kier alpha value is -0.420. The van der Waals surface area contributed by atoms with Crippen molar-refractivity contribution in [1.29, 1.82) is 0 Å². The van der Waals surface area contributed by atoms with Crippen molar-refractivity contribution in [3.63, 3.8) is 0 Å². The number of nitrogens with two attached hydrogens (primary N) is 1. The van der Waals surface area contributed by atoms with Crippen LogP contribution in [0.2, 0.25) is 0 Å². The normalized spacial score (nSPS) is 10.9. The summed E-state index contributed by atoms with van der Waals surface area (Å²) < 4.78 is 13.9. The molecule has 0 radical (unpaired) electrons. The van der Waals surface area contributed by atoms with E-state index in [1.807, 2.05) is 0 Å². The van der Waals surface area contributed by atoms with Gasteiger partial charge in [-0.05, 0) is 28.1 Å². The Morgan fingerprint density at radius 3 is 2.58 bits per heavy atom. The highest BCUT2D eigenvalue weighted by molar-refractivity contribution is 9.11. The third kappa shape index (κ3) is 2.04. The number of rotatable bonds is 1. The molecule has 0 fully saturated rings. The van der Waals surface area contributed by atoms with Crippen molar-refractivity contribution < 1.29 is 4.39 Å². The molecule has 12 heavy (non-hydrogen) atoms. The Balaban J connectivity index is 3.23. The van der Waals surface area contributed by atoms with Gasteiger partial charge >= 0.3 is 0 Å². The Bertz CT molecular complexity index is 325. The van der Waals surface area contributed by atoms with E-state index in [0.29, 0.717) is 8.95 Å². The molecule has 0 heterocycles. The predicted octanol–water partition coefficient (Wildman–Crippen LogP) is 2.64. The summed E-state index contributed by atoms with van der Waals surface area (Å²) in [5, 5.41) is 3.34. The van der Waals surface area contributed by atoms with E-state index in [2.05, 4.69) is 37.0 Å². The largest absolute Gasteiger partial charge is 0.323 e. The maximum absolute atomic E-state index is 12.8. The van der Waals surface area contributed by atoms with E-state index in [0.717, 1.165) is 5.56 Å². The zero-order valence-corrected chi connectivity index (χ0v) is 9.06. The molecule has 0 aliphatic rings. The molecular formula is C7H5Br2FN2. The predicted molar refractivity (Wildman–Crippen MR) is 53.6 cm³/mol. The SMILES string of the molecule is NN=Cc1cc(Br)c(F)cc1Br. The Kier molecular flexibility index (Phi) is 3.22. The van der Waals surface area contributed by atoms with Gasteiger partial charge in [0.05, 0.1) is 10.7 Å². The van der Waals surface area contributed by atoms with Gasteiger partial charge in [-0.2, -0.15) is 5.10 Å². The van der Waals surface area contributed by atoms with Gasteiger partial charge in [0.25, 0.3) is 0 Å². The van der Waals surface area contributed by atoms with Crippen LogP contribution in [-0.2, 0) is 0 Å². The van der Waals surface area contributed by atoms with Crippen molar-refractivity contribution in [3.05, 3.63) is 32.5 Å². The van der Waals surface area contributed by atoms with E-state index < -0.39 is 0 Å². The van der Waals surface area contributed by atoms with Crippen LogP contribution in [0.15, 0.2) is 26.2 Å². The minimum Gasteiger partial charge on any atom is -0.323 e. The minimum atomic E-state index is -0.323. The summed E-state index contributed by atoms with van der Waals surface area (Å²) in [7, 11) is 0. The molecule has 1 aromatic rings. The van der Waals surface area contributed by atoms with Gasteiger partial charge in [-0.25, -0.2) is 4.39 Å². The Morgan fingerprint density at radius 1 is 1.33 bits per heavy atom. The Morgan fingerprint density at radius 2 is 2.00 bits per heavy atom. The van der Waals surface area contributed by atoms with Crippen molar-refractivity contribution in [3.8, 4) is 0 Å². The maximum Gasteiger partial charge on any atom is 0.138 e. The van der Waals surface area contributed by atoms with Crippen LogP contribution in [-0.4, -0.2) is 6.21 Å². The number of nitrogens with zero attached hydrogens (tertiary/aromatic N) is 1. The molecule has 0 aliphatic heterocycles. The van der Waals surface area contributed by atoms with E-state index in [1.54, 1.807) is 6.07 Å². The number of hydrogen-bond donors (Lipinski definition) is 1. The summed E-state index contributed by atoms with van der Waals surface area (Å²) in [5.74, 6) is 4.63. The summed E-state index contributed by atoms with van der Waals surface area (Å²) >= 11 is 6.23. The fourth-order valence-corrected chi connectivity index (χ4v) is 1.50. The smallest absolute Gasteiger partial charge is 0.138 e. The van der Waals surface area contributed by atoms with Crippen LogP contribution in [0.3, 0.4) is 0 Å². The first-order chi connectivity index (χ1) is 5.65. The number of benzene rings is 1. The first-order valence-corrected chi connectivity index (χ1v) is 4.61. The highest BCUT2D eigenvalue weighted by atomic mass is 79.9. The van der Waals surface area contributed by atoms with Crippen LogP contribution in [0.4, 0.5) is 4.39 Å². The minimum absolute atomic E-state index is 0.323.